The number of benzene rings is 2. The Balaban J connectivity index is 1.97. The molecule has 1 heterocycles. The van der Waals surface area contributed by atoms with E-state index in [2.05, 4.69) is 17.2 Å². The highest BCUT2D eigenvalue weighted by Gasteiger charge is 2.10. The summed E-state index contributed by atoms with van der Waals surface area (Å²) in [6.45, 7) is 4.43. The summed E-state index contributed by atoms with van der Waals surface area (Å²) in [7, 11) is 0. The Hall–Kier alpha value is -2.73. The number of rotatable bonds is 4. The van der Waals surface area contributed by atoms with Crippen LogP contribution in [0.25, 0.3) is 10.9 Å². The van der Waals surface area contributed by atoms with Gasteiger partial charge in [-0.1, -0.05) is 19.1 Å². The van der Waals surface area contributed by atoms with E-state index in [1.54, 1.807) is 18.2 Å². The molecule has 0 atom stereocenters. The van der Waals surface area contributed by atoms with Crippen molar-refractivity contribution in [3.63, 3.8) is 0 Å². The number of anilines is 1. The van der Waals surface area contributed by atoms with E-state index in [9.17, 15) is 9.59 Å². The third-order valence-corrected chi connectivity index (χ3v) is 4.48. The molecule has 128 valence electrons. The van der Waals surface area contributed by atoms with E-state index >= 15 is 0 Å². The summed E-state index contributed by atoms with van der Waals surface area (Å²) in [5, 5.41) is 3.40. The van der Waals surface area contributed by atoms with Crippen LogP contribution in [0.4, 0.5) is 5.69 Å². The van der Waals surface area contributed by atoms with E-state index < -0.39 is 0 Å². The zero-order valence-electron chi connectivity index (χ0n) is 14.1. The van der Waals surface area contributed by atoms with Crippen molar-refractivity contribution in [2.75, 3.05) is 5.32 Å². The van der Waals surface area contributed by atoms with E-state index in [-0.39, 0.29) is 11.5 Å². The van der Waals surface area contributed by atoms with E-state index in [1.165, 1.54) is 4.57 Å². The molecule has 0 saturated heterocycles. The van der Waals surface area contributed by atoms with Gasteiger partial charge in [-0.15, -0.1) is 0 Å². The van der Waals surface area contributed by atoms with Crippen molar-refractivity contribution in [1.29, 1.82) is 0 Å². The molecule has 0 aliphatic carbocycles. The van der Waals surface area contributed by atoms with E-state index in [1.807, 2.05) is 31.2 Å². The smallest absolute Gasteiger partial charge is 0.262 e. The molecule has 0 bridgehead atoms. The minimum absolute atomic E-state index is 0.149. The third kappa shape index (κ3) is 3.39. The molecule has 0 unspecified atom stereocenters. The number of hydrogen-bond donors (Lipinski definition) is 2. The normalized spacial score (nSPS) is 10.8. The van der Waals surface area contributed by atoms with Gasteiger partial charge in [0.15, 0.2) is 4.77 Å². The lowest BCUT2D eigenvalue weighted by molar-refractivity contribution is 0.102. The highest BCUT2D eigenvalue weighted by Crippen LogP contribution is 2.15. The second kappa shape index (κ2) is 7.03. The molecule has 2 N–H and O–H groups in total. The van der Waals surface area contributed by atoms with Gasteiger partial charge in [-0.05, 0) is 61.5 Å². The Bertz CT molecular complexity index is 1070. The summed E-state index contributed by atoms with van der Waals surface area (Å²) in [4.78, 5) is 27.9. The number of aryl methyl sites for hydroxylation is 1. The number of nitrogens with one attached hydrogen (secondary N) is 2. The molecule has 3 aromatic rings. The highest BCUT2D eigenvalue weighted by molar-refractivity contribution is 7.71. The summed E-state index contributed by atoms with van der Waals surface area (Å²) in [6.07, 6.45) is 0.903. The van der Waals surface area contributed by atoms with Crippen molar-refractivity contribution >= 4 is 34.7 Å². The molecular formula is C19H19N3O2S. The Morgan fingerprint density at radius 1 is 1.20 bits per heavy atom. The fraction of sp³-hybridized carbons (Fsp3) is 0.211. The molecule has 0 spiro atoms. The molecular weight excluding hydrogens is 334 g/mol. The van der Waals surface area contributed by atoms with Gasteiger partial charge in [0.2, 0.25) is 0 Å². The molecule has 5 nitrogen and oxygen atoms in total. The number of carbonyl (C=O) groups is 1. The molecule has 0 fully saturated rings. The van der Waals surface area contributed by atoms with Crippen LogP contribution in [0.1, 0.15) is 29.8 Å². The van der Waals surface area contributed by atoms with Gasteiger partial charge in [0.25, 0.3) is 11.5 Å². The van der Waals surface area contributed by atoms with Crippen LogP contribution >= 0.6 is 12.2 Å². The minimum Gasteiger partial charge on any atom is -0.332 e. The van der Waals surface area contributed by atoms with Crippen LogP contribution in [-0.2, 0) is 13.0 Å². The number of aromatic amines is 1. The third-order valence-electron chi connectivity index (χ3n) is 4.15. The first-order valence-electron chi connectivity index (χ1n) is 8.20. The summed E-state index contributed by atoms with van der Waals surface area (Å²) < 4.78 is 1.85. The van der Waals surface area contributed by atoms with Crippen LogP contribution < -0.4 is 10.9 Å². The maximum absolute atomic E-state index is 12.5. The molecule has 3 rings (SSSR count). The van der Waals surface area contributed by atoms with Crippen molar-refractivity contribution in [1.82, 2.24) is 9.55 Å². The van der Waals surface area contributed by atoms with E-state index in [0.717, 1.165) is 17.7 Å². The maximum atomic E-state index is 12.5. The monoisotopic (exact) mass is 353 g/mol. The average Bonchev–Trinajstić information content (AvgIpc) is 2.61. The zero-order valence-corrected chi connectivity index (χ0v) is 14.9. The fourth-order valence-electron chi connectivity index (χ4n) is 2.76. The van der Waals surface area contributed by atoms with Gasteiger partial charge in [-0.2, -0.15) is 0 Å². The first-order valence-corrected chi connectivity index (χ1v) is 8.61. The molecule has 1 amide bonds. The number of hydrogen-bond acceptors (Lipinski definition) is 3. The number of H-pyrrole nitrogens is 1. The van der Waals surface area contributed by atoms with Gasteiger partial charge in [-0.25, -0.2) is 0 Å². The second-order valence-corrected chi connectivity index (χ2v) is 6.13. The van der Waals surface area contributed by atoms with Gasteiger partial charge in [-0.3, -0.25) is 14.2 Å². The van der Waals surface area contributed by atoms with Crippen molar-refractivity contribution in [3.8, 4) is 0 Å². The average molecular weight is 353 g/mol. The standard InChI is InChI=1S/C19H19N3O2S/c1-3-12-6-5-7-14(10-12)20-17(23)13-8-9-15-16(11-13)21-19(25)22(4-2)18(15)24/h5-11H,3-4H2,1-2H3,(H,20,23)(H,21,25). The Morgan fingerprint density at radius 2 is 2.00 bits per heavy atom. The summed E-state index contributed by atoms with van der Waals surface area (Å²) in [5.41, 5.74) is 2.78. The van der Waals surface area contributed by atoms with Crippen molar-refractivity contribution < 1.29 is 4.79 Å². The molecule has 6 heteroatoms. The van der Waals surface area contributed by atoms with Gasteiger partial charge >= 0.3 is 0 Å². The first-order chi connectivity index (χ1) is 12.0. The van der Waals surface area contributed by atoms with Crippen molar-refractivity contribution in [3.05, 3.63) is 68.7 Å². The molecule has 0 aliphatic rings. The lowest BCUT2D eigenvalue weighted by Gasteiger charge is -2.09. The van der Waals surface area contributed by atoms with E-state index in [4.69, 9.17) is 12.2 Å². The highest BCUT2D eigenvalue weighted by atomic mass is 32.1. The number of aromatic nitrogens is 2. The number of carbonyl (C=O) groups excluding carboxylic acids is 1. The lowest BCUT2D eigenvalue weighted by Crippen LogP contribution is -2.21. The Kier molecular flexibility index (Phi) is 4.81. The molecule has 25 heavy (non-hydrogen) atoms. The Labute approximate surface area is 150 Å². The van der Waals surface area contributed by atoms with Gasteiger partial charge in [0.05, 0.1) is 10.9 Å². The number of amides is 1. The summed E-state index contributed by atoms with van der Waals surface area (Å²) >= 11 is 5.21. The largest absolute Gasteiger partial charge is 0.332 e. The molecule has 0 saturated carbocycles. The van der Waals surface area contributed by atoms with E-state index in [0.29, 0.717) is 27.8 Å². The van der Waals surface area contributed by atoms with Crippen LogP contribution in [0.15, 0.2) is 47.3 Å². The topological polar surface area (TPSA) is 66.9 Å². The lowest BCUT2D eigenvalue weighted by atomic mass is 10.1. The van der Waals surface area contributed by atoms with Crippen LogP contribution in [0.2, 0.25) is 0 Å². The molecule has 0 aliphatic heterocycles. The zero-order chi connectivity index (χ0) is 18.0. The van der Waals surface area contributed by atoms with Gasteiger partial charge < -0.3 is 10.3 Å². The van der Waals surface area contributed by atoms with Crippen LogP contribution in [0.3, 0.4) is 0 Å². The van der Waals surface area contributed by atoms with Crippen LogP contribution in [-0.4, -0.2) is 15.5 Å². The van der Waals surface area contributed by atoms with Crippen LogP contribution in [0.5, 0.6) is 0 Å². The van der Waals surface area contributed by atoms with Crippen molar-refractivity contribution in [2.24, 2.45) is 0 Å². The summed E-state index contributed by atoms with van der Waals surface area (Å²) in [6, 6.07) is 12.7. The molecule has 0 radical (unpaired) electrons. The number of fused-ring (bicyclic) bond motifs is 1. The fourth-order valence-corrected chi connectivity index (χ4v) is 3.08. The predicted octanol–water partition coefficient (Wildman–Crippen LogP) is 3.89. The molecule has 2 aromatic carbocycles. The molecule has 1 aromatic heterocycles. The summed E-state index contributed by atoms with van der Waals surface area (Å²) in [5.74, 6) is -0.228. The van der Waals surface area contributed by atoms with Crippen molar-refractivity contribution in [2.45, 2.75) is 26.8 Å². The minimum atomic E-state index is -0.228. The SMILES string of the molecule is CCc1cccc(NC(=O)c2ccc3c(=O)n(CC)c(=S)[nH]c3c2)c1. The second-order valence-electron chi connectivity index (χ2n) is 5.75. The predicted molar refractivity (Wildman–Crippen MR) is 103 cm³/mol. The Morgan fingerprint density at radius 3 is 2.72 bits per heavy atom. The quantitative estimate of drug-likeness (QED) is 0.699. The van der Waals surface area contributed by atoms with Gasteiger partial charge in [0.1, 0.15) is 0 Å². The first kappa shape index (κ1) is 17.1. The van der Waals surface area contributed by atoms with Crippen LogP contribution in [0, 0.1) is 4.77 Å². The number of nitrogens with zero attached hydrogens (tertiary/aromatic N) is 1. The maximum Gasteiger partial charge on any atom is 0.262 e. The van der Waals surface area contributed by atoms with Gasteiger partial charge in [0, 0.05) is 17.8 Å².